The fourth-order valence-electron chi connectivity index (χ4n) is 3.57. The lowest BCUT2D eigenvalue weighted by atomic mass is 10.2. The van der Waals surface area contributed by atoms with E-state index in [4.69, 9.17) is 14.4 Å². The second-order valence-corrected chi connectivity index (χ2v) is 9.11. The molecule has 0 unspecified atom stereocenters. The first-order valence-corrected chi connectivity index (χ1v) is 11.2. The molecule has 0 N–H and O–H groups in total. The van der Waals surface area contributed by atoms with Crippen LogP contribution >= 0.6 is 22.7 Å². The highest BCUT2D eigenvalue weighted by molar-refractivity contribution is 7.22. The summed E-state index contributed by atoms with van der Waals surface area (Å²) in [4.78, 5) is 15.6. The number of benzene rings is 1. The second-order valence-electron chi connectivity index (χ2n) is 7.18. The number of fused-ring (bicyclic) bond motifs is 1. The second kappa shape index (κ2) is 7.31. The number of thiazole rings is 1. The van der Waals surface area contributed by atoms with Gasteiger partial charge in [-0.2, -0.15) is 0 Å². The topological polar surface area (TPSA) is 45.4 Å². The average molecular weight is 411 g/mol. The van der Waals surface area contributed by atoms with Crippen LogP contribution in [0.4, 0.5) is 5.13 Å². The summed E-state index contributed by atoms with van der Waals surface area (Å²) in [6, 6.07) is 10.5. The molecule has 1 saturated heterocycles. The molecule has 1 aromatic carbocycles. The maximum absolute atomic E-state index is 5.96. The van der Waals surface area contributed by atoms with Gasteiger partial charge in [0.05, 0.1) is 20.8 Å². The molecule has 4 heterocycles. The van der Waals surface area contributed by atoms with Crippen molar-refractivity contribution in [3.8, 4) is 10.8 Å². The predicted octanol–water partition coefficient (Wildman–Crippen LogP) is 4.95. The number of aromatic nitrogens is 2. The fourth-order valence-corrected chi connectivity index (χ4v) is 5.44. The minimum absolute atomic E-state index is 0.758. The van der Waals surface area contributed by atoms with Crippen LogP contribution in [0.2, 0.25) is 0 Å². The van der Waals surface area contributed by atoms with E-state index in [2.05, 4.69) is 52.4 Å². The largest absolute Gasteiger partial charge is 0.440 e. The molecule has 1 fully saturated rings. The molecular formula is C21H22N4OS2. The van der Waals surface area contributed by atoms with Crippen LogP contribution in [-0.2, 0) is 6.54 Å². The summed E-state index contributed by atoms with van der Waals surface area (Å²) in [6.45, 7) is 8.97. The number of piperazine rings is 1. The number of para-hydroxylation sites is 1. The van der Waals surface area contributed by atoms with Crippen LogP contribution in [0.1, 0.15) is 17.0 Å². The van der Waals surface area contributed by atoms with E-state index in [1.165, 1.54) is 10.3 Å². The van der Waals surface area contributed by atoms with E-state index in [0.29, 0.717) is 0 Å². The SMILES string of the molecule is Cc1ccsc1-c1nc(CN2CCN(c3nc4ccccc4s3)CC2)c(C)o1. The van der Waals surface area contributed by atoms with Gasteiger partial charge < -0.3 is 9.32 Å². The number of nitrogens with zero attached hydrogens (tertiary/aromatic N) is 4. The van der Waals surface area contributed by atoms with Gasteiger partial charge in [-0.15, -0.1) is 11.3 Å². The zero-order chi connectivity index (χ0) is 19.1. The Morgan fingerprint density at radius 3 is 2.61 bits per heavy atom. The lowest BCUT2D eigenvalue weighted by Crippen LogP contribution is -2.46. The fraction of sp³-hybridized carbons (Fsp3) is 0.333. The predicted molar refractivity (Wildman–Crippen MR) is 116 cm³/mol. The molecular weight excluding hydrogens is 388 g/mol. The van der Waals surface area contributed by atoms with E-state index in [1.54, 1.807) is 22.7 Å². The van der Waals surface area contributed by atoms with Gasteiger partial charge in [0.15, 0.2) is 5.13 Å². The number of rotatable bonds is 4. The van der Waals surface area contributed by atoms with Crippen molar-refractivity contribution in [1.29, 1.82) is 0 Å². The van der Waals surface area contributed by atoms with E-state index in [1.807, 2.05) is 6.92 Å². The highest BCUT2D eigenvalue weighted by Gasteiger charge is 2.22. The molecule has 144 valence electrons. The number of aryl methyl sites for hydroxylation is 2. The molecule has 4 aromatic rings. The number of thiophene rings is 1. The molecule has 3 aromatic heterocycles. The Morgan fingerprint density at radius 1 is 1.04 bits per heavy atom. The van der Waals surface area contributed by atoms with Crippen molar-refractivity contribution in [2.75, 3.05) is 31.1 Å². The number of hydrogen-bond donors (Lipinski definition) is 0. The summed E-state index contributed by atoms with van der Waals surface area (Å²) in [6.07, 6.45) is 0. The van der Waals surface area contributed by atoms with Crippen LogP contribution in [-0.4, -0.2) is 41.0 Å². The van der Waals surface area contributed by atoms with Crippen molar-refractivity contribution >= 4 is 38.0 Å². The maximum Gasteiger partial charge on any atom is 0.237 e. The summed E-state index contributed by atoms with van der Waals surface area (Å²) in [5, 5.41) is 3.22. The third-order valence-corrected chi connectivity index (χ3v) is 7.35. The molecule has 0 atom stereocenters. The zero-order valence-corrected chi connectivity index (χ0v) is 17.6. The van der Waals surface area contributed by atoms with Crippen molar-refractivity contribution in [1.82, 2.24) is 14.9 Å². The first-order valence-electron chi connectivity index (χ1n) is 9.51. The van der Waals surface area contributed by atoms with Gasteiger partial charge in [-0.1, -0.05) is 23.5 Å². The smallest absolute Gasteiger partial charge is 0.237 e. The van der Waals surface area contributed by atoms with Gasteiger partial charge >= 0.3 is 0 Å². The Labute approximate surface area is 172 Å². The molecule has 5 nitrogen and oxygen atoms in total. The third kappa shape index (κ3) is 3.34. The van der Waals surface area contributed by atoms with Gasteiger partial charge in [0.2, 0.25) is 5.89 Å². The van der Waals surface area contributed by atoms with E-state index in [-0.39, 0.29) is 0 Å². The van der Waals surface area contributed by atoms with E-state index < -0.39 is 0 Å². The van der Waals surface area contributed by atoms with Gasteiger partial charge in [0.25, 0.3) is 0 Å². The molecule has 0 bridgehead atoms. The van der Waals surface area contributed by atoms with Gasteiger partial charge in [0.1, 0.15) is 5.76 Å². The van der Waals surface area contributed by atoms with Gasteiger partial charge in [-0.3, -0.25) is 4.90 Å². The van der Waals surface area contributed by atoms with Crippen LogP contribution in [0.25, 0.3) is 21.0 Å². The molecule has 1 aliphatic rings. The lowest BCUT2D eigenvalue weighted by Gasteiger charge is -2.34. The number of anilines is 1. The summed E-state index contributed by atoms with van der Waals surface area (Å²) in [5.74, 6) is 1.68. The molecule has 5 rings (SSSR count). The molecule has 0 spiro atoms. The Bertz CT molecular complexity index is 1070. The zero-order valence-electron chi connectivity index (χ0n) is 16.0. The van der Waals surface area contributed by atoms with Crippen LogP contribution in [0.5, 0.6) is 0 Å². The van der Waals surface area contributed by atoms with E-state index in [9.17, 15) is 0 Å². The Balaban J connectivity index is 1.25. The van der Waals surface area contributed by atoms with Crippen LogP contribution < -0.4 is 4.90 Å². The van der Waals surface area contributed by atoms with Gasteiger partial charge in [0, 0.05) is 32.7 Å². The first-order chi connectivity index (χ1) is 13.7. The Morgan fingerprint density at radius 2 is 1.86 bits per heavy atom. The lowest BCUT2D eigenvalue weighted by molar-refractivity contribution is 0.246. The minimum Gasteiger partial charge on any atom is -0.440 e. The first kappa shape index (κ1) is 17.8. The van der Waals surface area contributed by atoms with Crippen molar-refractivity contribution in [3.05, 3.63) is 52.7 Å². The van der Waals surface area contributed by atoms with Gasteiger partial charge in [-0.05, 0) is 43.0 Å². The van der Waals surface area contributed by atoms with Crippen molar-refractivity contribution in [2.24, 2.45) is 0 Å². The minimum atomic E-state index is 0.758. The molecule has 28 heavy (non-hydrogen) atoms. The van der Waals surface area contributed by atoms with Gasteiger partial charge in [-0.25, -0.2) is 9.97 Å². The number of oxazole rings is 1. The molecule has 0 aliphatic carbocycles. The molecule has 0 radical (unpaired) electrons. The highest BCUT2D eigenvalue weighted by Crippen LogP contribution is 2.31. The van der Waals surface area contributed by atoms with Crippen molar-refractivity contribution < 1.29 is 4.42 Å². The van der Waals surface area contributed by atoms with E-state index >= 15 is 0 Å². The molecule has 0 amide bonds. The molecule has 1 aliphatic heterocycles. The van der Waals surface area contributed by atoms with Crippen molar-refractivity contribution in [3.63, 3.8) is 0 Å². The summed E-state index contributed by atoms with van der Waals surface area (Å²) < 4.78 is 7.22. The third-order valence-electron chi connectivity index (χ3n) is 5.25. The van der Waals surface area contributed by atoms with Crippen LogP contribution in [0, 0.1) is 13.8 Å². The average Bonchev–Trinajstić information content (AvgIpc) is 3.41. The Hall–Kier alpha value is -2.22. The molecule has 0 saturated carbocycles. The normalized spacial score (nSPS) is 15.6. The summed E-state index contributed by atoms with van der Waals surface area (Å²) >= 11 is 3.47. The Kier molecular flexibility index (Phi) is 4.66. The quantitative estimate of drug-likeness (QED) is 0.476. The summed E-state index contributed by atoms with van der Waals surface area (Å²) in [5.41, 5.74) is 3.37. The van der Waals surface area contributed by atoms with Crippen LogP contribution in [0.15, 0.2) is 40.1 Å². The highest BCUT2D eigenvalue weighted by atomic mass is 32.1. The maximum atomic E-state index is 5.96. The number of hydrogen-bond acceptors (Lipinski definition) is 7. The standard InChI is InChI=1S/C21H22N4OS2/c1-14-7-12-27-19(14)20-22-17(15(2)26-20)13-24-8-10-25(11-9-24)21-23-16-5-3-4-6-18(16)28-21/h3-7,12H,8-11,13H2,1-2H3. The monoisotopic (exact) mass is 410 g/mol. The van der Waals surface area contributed by atoms with E-state index in [0.717, 1.165) is 65.6 Å². The summed E-state index contributed by atoms with van der Waals surface area (Å²) in [7, 11) is 0. The molecule has 7 heteroatoms. The van der Waals surface area contributed by atoms with Crippen LogP contribution in [0.3, 0.4) is 0 Å². The van der Waals surface area contributed by atoms with Crippen molar-refractivity contribution in [2.45, 2.75) is 20.4 Å².